The van der Waals surface area contributed by atoms with Crippen LogP contribution in [0.3, 0.4) is 0 Å². The molecule has 0 aliphatic carbocycles. The molecule has 0 fully saturated rings. The summed E-state index contributed by atoms with van der Waals surface area (Å²) in [6.07, 6.45) is 0. The van der Waals surface area contributed by atoms with Crippen molar-refractivity contribution in [3.63, 3.8) is 0 Å². The first kappa shape index (κ1) is 19.8. The Bertz CT molecular complexity index is 1220. The SMILES string of the molecule is Cc1cccc(Oc2ccc(-c3c(C)nn(Cn4nc(C)cc4C)c3C)c(C)n2)n1. The minimum Gasteiger partial charge on any atom is -0.421 e. The van der Waals surface area contributed by atoms with Gasteiger partial charge in [0.15, 0.2) is 0 Å². The number of rotatable bonds is 5. The molecule has 154 valence electrons. The number of nitrogens with zero attached hydrogens (tertiary/aromatic N) is 6. The second-order valence-electron chi connectivity index (χ2n) is 7.62. The Kier molecular flexibility index (Phi) is 5.11. The molecule has 0 amide bonds. The van der Waals surface area contributed by atoms with Crippen molar-refractivity contribution in [3.05, 3.63) is 70.6 Å². The lowest BCUT2D eigenvalue weighted by atomic mass is 10.0. The van der Waals surface area contributed by atoms with E-state index in [1.807, 2.05) is 67.4 Å². The third-order valence-corrected chi connectivity index (χ3v) is 5.15. The maximum absolute atomic E-state index is 5.84. The van der Waals surface area contributed by atoms with Crippen molar-refractivity contribution in [1.29, 1.82) is 0 Å². The summed E-state index contributed by atoms with van der Waals surface area (Å²) < 4.78 is 9.79. The molecule has 0 saturated carbocycles. The Morgan fingerprint density at radius 1 is 0.767 bits per heavy atom. The summed E-state index contributed by atoms with van der Waals surface area (Å²) in [4.78, 5) is 9.03. The standard InChI is InChI=1S/C23H26N6O/c1-14-8-7-9-21(24-14)30-22-11-10-20(17(4)25-22)23-18(5)27-29(19(23)6)13-28-16(3)12-15(2)26-28/h7-12H,13H2,1-6H3. The van der Waals surface area contributed by atoms with E-state index in [1.54, 1.807) is 0 Å². The Hall–Kier alpha value is -3.48. The van der Waals surface area contributed by atoms with Crippen molar-refractivity contribution in [1.82, 2.24) is 29.5 Å². The van der Waals surface area contributed by atoms with E-state index in [9.17, 15) is 0 Å². The number of hydrogen-bond acceptors (Lipinski definition) is 5. The van der Waals surface area contributed by atoms with Gasteiger partial charge in [0.2, 0.25) is 11.8 Å². The van der Waals surface area contributed by atoms with Gasteiger partial charge >= 0.3 is 0 Å². The fourth-order valence-corrected chi connectivity index (χ4v) is 3.71. The molecule has 0 N–H and O–H groups in total. The lowest BCUT2D eigenvalue weighted by Crippen LogP contribution is -2.13. The maximum Gasteiger partial charge on any atom is 0.221 e. The summed E-state index contributed by atoms with van der Waals surface area (Å²) in [5.41, 5.74) is 8.11. The summed E-state index contributed by atoms with van der Waals surface area (Å²) >= 11 is 0. The van der Waals surface area contributed by atoms with Crippen LogP contribution in [-0.4, -0.2) is 29.5 Å². The van der Waals surface area contributed by atoms with Crippen molar-refractivity contribution in [2.45, 2.75) is 48.2 Å². The van der Waals surface area contributed by atoms with Gasteiger partial charge in [-0.05, 0) is 59.7 Å². The largest absolute Gasteiger partial charge is 0.421 e. The first-order valence-corrected chi connectivity index (χ1v) is 9.96. The molecule has 0 saturated heterocycles. The highest BCUT2D eigenvalue weighted by Crippen LogP contribution is 2.31. The quantitative estimate of drug-likeness (QED) is 0.484. The Morgan fingerprint density at radius 2 is 1.53 bits per heavy atom. The fourth-order valence-electron chi connectivity index (χ4n) is 3.71. The smallest absolute Gasteiger partial charge is 0.221 e. The number of aryl methyl sites for hydroxylation is 5. The highest BCUT2D eigenvalue weighted by Gasteiger charge is 2.17. The minimum absolute atomic E-state index is 0.527. The van der Waals surface area contributed by atoms with E-state index >= 15 is 0 Å². The maximum atomic E-state index is 5.84. The van der Waals surface area contributed by atoms with Gasteiger partial charge in [-0.3, -0.25) is 0 Å². The topological polar surface area (TPSA) is 70.7 Å². The van der Waals surface area contributed by atoms with Gasteiger partial charge in [-0.25, -0.2) is 19.3 Å². The molecule has 0 aliphatic rings. The molecule has 4 heterocycles. The van der Waals surface area contributed by atoms with Crippen LogP contribution in [0.25, 0.3) is 11.1 Å². The Labute approximate surface area is 176 Å². The number of ether oxygens (including phenoxy) is 1. The molecule has 0 aromatic carbocycles. The minimum atomic E-state index is 0.527. The first-order valence-electron chi connectivity index (χ1n) is 9.96. The normalized spacial score (nSPS) is 11.1. The zero-order valence-corrected chi connectivity index (χ0v) is 18.3. The highest BCUT2D eigenvalue weighted by molar-refractivity contribution is 5.70. The second kappa shape index (κ2) is 7.74. The lowest BCUT2D eigenvalue weighted by Gasteiger charge is -2.10. The molecule has 0 unspecified atom stereocenters. The van der Waals surface area contributed by atoms with Gasteiger partial charge in [-0.2, -0.15) is 10.2 Å². The molecule has 0 bridgehead atoms. The summed E-state index contributed by atoms with van der Waals surface area (Å²) in [6.45, 7) is 12.7. The molecule has 0 atom stereocenters. The van der Waals surface area contributed by atoms with Crippen molar-refractivity contribution < 1.29 is 4.74 Å². The average Bonchev–Trinajstić information content (AvgIpc) is 3.13. The molecule has 0 aliphatic heterocycles. The second-order valence-corrected chi connectivity index (χ2v) is 7.62. The van der Waals surface area contributed by atoms with E-state index < -0.39 is 0 Å². The van der Waals surface area contributed by atoms with E-state index in [0.29, 0.717) is 18.4 Å². The van der Waals surface area contributed by atoms with Crippen LogP contribution in [0, 0.1) is 41.5 Å². The van der Waals surface area contributed by atoms with E-state index in [4.69, 9.17) is 9.84 Å². The third-order valence-electron chi connectivity index (χ3n) is 5.15. The molecule has 4 aromatic rings. The van der Waals surface area contributed by atoms with E-state index in [-0.39, 0.29) is 0 Å². The molecule has 0 spiro atoms. The molecule has 4 rings (SSSR count). The summed E-state index contributed by atoms with van der Waals surface area (Å²) in [7, 11) is 0. The number of pyridine rings is 2. The first-order chi connectivity index (χ1) is 14.3. The summed E-state index contributed by atoms with van der Waals surface area (Å²) in [6, 6.07) is 11.7. The van der Waals surface area contributed by atoms with Crippen LogP contribution in [0.1, 0.15) is 34.2 Å². The highest BCUT2D eigenvalue weighted by atomic mass is 16.5. The van der Waals surface area contributed by atoms with Crippen molar-refractivity contribution in [2.24, 2.45) is 0 Å². The summed E-state index contributed by atoms with van der Waals surface area (Å²) in [5.74, 6) is 1.07. The van der Waals surface area contributed by atoms with E-state index in [1.165, 1.54) is 0 Å². The molecule has 7 heteroatoms. The number of aromatic nitrogens is 6. The van der Waals surface area contributed by atoms with Gasteiger partial charge in [0.25, 0.3) is 0 Å². The van der Waals surface area contributed by atoms with Crippen LogP contribution in [0.5, 0.6) is 11.8 Å². The van der Waals surface area contributed by atoms with Crippen LogP contribution in [0.15, 0.2) is 36.4 Å². The molecule has 30 heavy (non-hydrogen) atoms. The van der Waals surface area contributed by atoms with E-state index in [0.717, 1.165) is 45.3 Å². The molecule has 7 nitrogen and oxygen atoms in total. The van der Waals surface area contributed by atoms with Crippen LogP contribution >= 0.6 is 0 Å². The fraction of sp³-hybridized carbons (Fsp3) is 0.304. The zero-order chi connectivity index (χ0) is 21.4. The van der Waals surface area contributed by atoms with E-state index in [2.05, 4.69) is 35.0 Å². The predicted molar refractivity (Wildman–Crippen MR) is 116 cm³/mol. The molecule has 0 radical (unpaired) electrons. The van der Waals surface area contributed by atoms with Crippen molar-refractivity contribution in [2.75, 3.05) is 0 Å². The van der Waals surface area contributed by atoms with Crippen LogP contribution in [-0.2, 0) is 6.67 Å². The molecular weight excluding hydrogens is 376 g/mol. The van der Waals surface area contributed by atoms with Crippen molar-refractivity contribution >= 4 is 0 Å². The predicted octanol–water partition coefficient (Wildman–Crippen LogP) is 4.69. The zero-order valence-electron chi connectivity index (χ0n) is 18.3. The lowest BCUT2D eigenvalue weighted by molar-refractivity contribution is 0.442. The number of hydrogen-bond donors (Lipinski definition) is 0. The van der Waals surface area contributed by atoms with Gasteiger partial charge in [0.05, 0.1) is 11.4 Å². The van der Waals surface area contributed by atoms with Gasteiger partial charge in [0.1, 0.15) is 6.67 Å². The van der Waals surface area contributed by atoms with Gasteiger partial charge < -0.3 is 4.74 Å². The average molecular weight is 403 g/mol. The van der Waals surface area contributed by atoms with Crippen LogP contribution in [0.4, 0.5) is 0 Å². The third kappa shape index (κ3) is 3.83. The molecule has 4 aromatic heterocycles. The van der Waals surface area contributed by atoms with Gasteiger partial charge in [0, 0.05) is 46.0 Å². The van der Waals surface area contributed by atoms with Crippen molar-refractivity contribution in [3.8, 4) is 22.9 Å². The van der Waals surface area contributed by atoms with Gasteiger partial charge in [-0.1, -0.05) is 6.07 Å². The Morgan fingerprint density at radius 3 is 2.20 bits per heavy atom. The van der Waals surface area contributed by atoms with Crippen LogP contribution in [0.2, 0.25) is 0 Å². The molecular formula is C23H26N6O. The van der Waals surface area contributed by atoms with Gasteiger partial charge in [-0.15, -0.1) is 0 Å². The summed E-state index contributed by atoms with van der Waals surface area (Å²) in [5, 5.41) is 9.31. The van der Waals surface area contributed by atoms with Crippen LogP contribution < -0.4 is 4.74 Å². The Balaban J connectivity index is 1.64. The monoisotopic (exact) mass is 402 g/mol.